The molecule has 5 heterocycles. The normalized spacial score (nSPS) is 20.9. The zero-order valence-electron chi connectivity index (χ0n) is 27.7. The molecule has 7 rings (SSSR count). The van der Waals surface area contributed by atoms with Gasteiger partial charge in [0.1, 0.15) is 6.04 Å². The van der Waals surface area contributed by atoms with E-state index >= 15 is 0 Å². The number of carbonyl (C=O) groups is 3. The van der Waals surface area contributed by atoms with Gasteiger partial charge in [-0.2, -0.15) is 0 Å². The lowest BCUT2D eigenvalue weighted by molar-refractivity contribution is -0.136. The fourth-order valence-corrected chi connectivity index (χ4v) is 7.95. The van der Waals surface area contributed by atoms with Gasteiger partial charge in [0.15, 0.2) is 0 Å². The van der Waals surface area contributed by atoms with Crippen LogP contribution in [0.1, 0.15) is 82.9 Å². The van der Waals surface area contributed by atoms with E-state index in [1.807, 2.05) is 19.2 Å². The largest absolute Gasteiger partial charge is 0.388 e. The Bertz CT molecular complexity index is 1690. The second kappa shape index (κ2) is 13.9. The number of likely N-dealkylation sites (tertiary alicyclic amines) is 1. The first-order valence-electron chi connectivity index (χ1n) is 17.4. The van der Waals surface area contributed by atoms with Crippen LogP contribution in [-0.4, -0.2) is 78.0 Å². The monoisotopic (exact) mass is 647 g/mol. The van der Waals surface area contributed by atoms with Crippen molar-refractivity contribution in [3.8, 4) is 0 Å². The summed E-state index contributed by atoms with van der Waals surface area (Å²) in [7, 11) is 1.90. The van der Waals surface area contributed by atoms with Crippen molar-refractivity contribution in [2.24, 2.45) is 5.92 Å². The molecule has 3 aromatic rings. The van der Waals surface area contributed by atoms with E-state index in [1.54, 1.807) is 4.90 Å². The van der Waals surface area contributed by atoms with Crippen LogP contribution in [0.15, 0.2) is 54.6 Å². The molecule has 2 aromatic carbocycles. The van der Waals surface area contributed by atoms with Gasteiger partial charge in [0.2, 0.25) is 11.8 Å². The van der Waals surface area contributed by atoms with Crippen LogP contribution in [-0.2, 0) is 29.1 Å². The molecule has 0 saturated carbocycles. The Hall–Kier alpha value is -4.57. The fourth-order valence-electron chi connectivity index (χ4n) is 7.95. The molecule has 0 radical (unpaired) electrons. The average molecular weight is 648 g/mol. The zero-order valence-corrected chi connectivity index (χ0v) is 27.7. The van der Waals surface area contributed by atoms with Crippen molar-refractivity contribution >= 4 is 35.3 Å². The second-order valence-electron chi connectivity index (χ2n) is 13.8. The third kappa shape index (κ3) is 6.71. The zero-order chi connectivity index (χ0) is 33.2. The van der Waals surface area contributed by atoms with E-state index in [-0.39, 0.29) is 18.2 Å². The van der Waals surface area contributed by atoms with Gasteiger partial charge >= 0.3 is 0 Å². The second-order valence-corrected chi connectivity index (χ2v) is 13.8. The summed E-state index contributed by atoms with van der Waals surface area (Å²) in [6.45, 7) is 5.40. The number of carbonyl (C=O) groups excluding carboxylic acids is 3. The Morgan fingerprint density at radius 1 is 0.917 bits per heavy atom. The first-order valence-corrected chi connectivity index (χ1v) is 17.4. The third-order valence-electron chi connectivity index (χ3n) is 10.8. The van der Waals surface area contributed by atoms with E-state index in [2.05, 4.69) is 62.9 Å². The van der Waals surface area contributed by atoms with Crippen LogP contribution in [0.4, 0.5) is 11.4 Å². The van der Waals surface area contributed by atoms with Crippen molar-refractivity contribution in [3.63, 3.8) is 0 Å². The Kier molecular flexibility index (Phi) is 9.26. The van der Waals surface area contributed by atoms with Crippen molar-refractivity contribution in [1.29, 1.82) is 5.41 Å². The van der Waals surface area contributed by atoms with Crippen LogP contribution >= 0.6 is 0 Å². The molecule has 3 amide bonds. The summed E-state index contributed by atoms with van der Waals surface area (Å²) in [5.74, 6) is 0.178. The number of amides is 3. The molecular weight excluding hydrogens is 602 g/mol. The van der Waals surface area contributed by atoms with Gasteiger partial charge in [-0.3, -0.25) is 29.6 Å². The van der Waals surface area contributed by atoms with Gasteiger partial charge in [-0.25, -0.2) is 0 Å². The Morgan fingerprint density at radius 3 is 2.38 bits per heavy atom. The van der Waals surface area contributed by atoms with Crippen LogP contribution in [0, 0.1) is 11.3 Å². The Morgan fingerprint density at radius 2 is 1.67 bits per heavy atom. The van der Waals surface area contributed by atoms with Crippen molar-refractivity contribution < 1.29 is 14.4 Å². The molecule has 10 heteroatoms. The van der Waals surface area contributed by atoms with Gasteiger partial charge in [-0.15, -0.1) is 0 Å². The lowest BCUT2D eigenvalue weighted by Crippen LogP contribution is -2.52. The van der Waals surface area contributed by atoms with Gasteiger partial charge in [0, 0.05) is 67.9 Å². The van der Waals surface area contributed by atoms with Crippen LogP contribution < -0.4 is 15.5 Å². The third-order valence-corrected chi connectivity index (χ3v) is 10.8. The van der Waals surface area contributed by atoms with E-state index in [0.29, 0.717) is 30.4 Å². The van der Waals surface area contributed by atoms with Crippen molar-refractivity contribution in [3.05, 3.63) is 88.2 Å². The van der Waals surface area contributed by atoms with E-state index in [0.717, 1.165) is 74.6 Å². The van der Waals surface area contributed by atoms with E-state index in [1.165, 1.54) is 35.9 Å². The number of nitrogens with zero attached hydrogens (tertiary/aromatic N) is 4. The fraction of sp³-hybridized carbons (Fsp3) is 0.447. The maximum atomic E-state index is 13.1. The lowest BCUT2D eigenvalue weighted by atomic mass is 9.89. The highest BCUT2D eigenvalue weighted by Gasteiger charge is 2.40. The number of nitrogens with one attached hydrogen (secondary N) is 3. The quantitative estimate of drug-likeness (QED) is 0.227. The number of benzene rings is 2. The molecule has 48 heavy (non-hydrogen) atoms. The first-order chi connectivity index (χ1) is 23.4. The summed E-state index contributed by atoms with van der Waals surface area (Å²) in [5, 5.41) is 13.2. The molecule has 10 nitrogen and oxygen atoms in total. The van der Waals surface area contributed by atoms with Gasteiger partial charge in [-0.1, -0.05) is 18.2 Å². The summed E-state index contributed by atoms with van der Waals surface area (Å²) in [6, 6.07) is 18.8. The first kappa shape index (κ1) is 32.0. The molecule has 3 N–H and O–H groups in total. The van der Waals surface area contributed by atoms with E-state index in [4.69, 9.17) is 10.4 Å². The maximum absolute atomic E-state index is 13.1. The highest BCUT2D eigenvalue weighted by Crippen LogP contribution is 2.32. The molecule has 4 aliphatic rings. The lowest BCUT2D eigenvalue weighted by Gasteiger charge is -2.34. The summed E-state index contributed by atoms with van der Waals surface area (Å²) in [4.78, 5) is 48.5. The minimum absolute atomic E-state index is 0.172. The highest BCUT2D eigenvalue weighted by molar-refractivity contribution is 6.05. The number of piperidine rings is 3. The number of hydrogen-bond acceptors (Lipinski definition) is 8. The average Bonchev–Trinajstić information content (AvgIpc) is 3.44. The molecule has 0 bridgehead atoms. The van der Waals surface area contributed by atoms with E-state index < -0.39 is 11.9 Å². The Balaban J connectivity index is 0.874. The summed E-state index contributed by atoms with van der Waals surface area (Å²) in [6.07, 6.45) is 7.51. The summed E-state index contributed by atoms with van der Waals surface area (Å²) < 4.78 is 0. The molecule has 1 aromatic heterocycles. The highest BCUT2D eigenvalue weighted by atomic mass is 16.2. The smallest absolute Gasteiger partial charge is 0.256 e. The van der Waals surface area contributed by atoms with E-state index in [9.17, 15) is 14.4 Å². The van der Waals surface area contributed by atoms with Gasteiger partial charge in [-0.05, 0) is 105 Å². The predicted molar refractivity (Wildman–Crippen MR) is 186 cm³/mol. The van der Waals surface area contributed by atoms with Gasteiger partial charge in [0.05, 0.1) is 17.8 Å². The van der Waals surface area contributed by atoms with Crippen LogP contribution in [0.25, 0.3) is 0 Å². The molecule has 3 fully saturated rings. The number of hydrogen-bond donors (Lipinski definition) is 3. The molecule has 4 aliphatic heterocycles. The van der Waals surface area contributed by atoms with Crippen LogP contribution in [0.3, 0.4) is 0 Å². The molecule has 0 aliphatic carbocycles. The number of fused-ring (bicyclic) bond motifs is 1. The minimum Gasteiger partial charge on any atom is -0.388 e. The Labute approximate surface area is 282 Å². The predicted octanol–water partition coefficient (Wildman–Crippen LogP) is 4.72. The number of aromatic nitrogens is 1. The van der Waals surface area contributed by atoms with Crippen molar-refractivity contribution in [2.45, 2.75) is 70.0 Å². The summed E-state index contributed by atoms with van der Waals surface area (Å²) >= 11 is 0. The van der Waals surface area contributed by atoms with Crippen molar-refractivity contribution in [1.82, 2.24) is 20.1 Å². The number of imide groups is 1. The molecule has 1 atom stereocenters. The summed E-state index contributed by atoms with van der Waals surface area (Å²) in [5.41, 5.74) is 8.26. The minimum atomic E-state index is -0.613. The number of rotatable bonds is 9. The SMILES string of the molecule is CNc1ccc(CC2CCN(c3ccc(CN4CCC(c5ccc6c(n5)CN(C5CCC(=O)NC5=O)C6=O)CC4)cc3)CC2)cc1C=N. The van der Waals surface area contributed by atoms with Crippen LogP contribution in [0.5, 0.6) is 0 Å². The van der Waals surface area contributed by atoms with Gasteiger partial charge < -0.3 is 20.5 Å². The number of anilines is 2. The molecule has 3 saturated heterocycles. The molecule has 0 spiro atoms. The number of pyridine rings is 1. The topological polar surface area (TPSA) is 122 Å². The van der Waals surface area contributed by atoms with Crippen molar-refractivity contribution in [2.75, 3.05) is 43.4 Å². The van der Waals surface area contributed by atoms with Crippen LogP contribution in [0.2, 0.25) is 0 Å². The molecular formula is C38H45N7O3. The standard InChI is InChI=1S/C38H45N7O3/c1-40-32-8-4-27(21-29(32)22-39)20-25-12-18-44(19-13-25)30-5-2-26(3-6-30)23-43-16-14-28(15-17-43)33-9-7-31-34(41-33)24-45(38(31)48)35-10-11-36(46)42-37(35)47/h2-9,21-22,25,28,35,39-40H,10-20,23-24H2,1H3,(H,42,46,47). The maximum Gasteiger partial charge on any atom is 0.256 e. The molecule has 1 unspecified atom stereocenters. The molecule has 250 valence electrons. The van der Waals surface area contributed by atoms with Gasteiger partial charge in [0.25, 0.3) is 5.91 Å².